The summed E-state index contributed by atoms with van der Waals surface area (Å²) in [4.78, 5) is 30.7. The Hall–Kier alpha value is -4.22. The van der Waals surface area contributed by atoms with Gasteiger partial charge in [0, 0.05) is 87.0 Å². The zero-order valence-electron chi connectivity index (χ0n) is 25.6. The molecular formula is C34H37FN6O4. The predicted octanol–water partition coefficient (Wildman–Crippen LogP) is 5.04. The minimum absolute atomic E-state index is 0.350. The lowest BCUT2D eigenvalue weighted by Crippen LogP contribution is -2.68. The normalized spacial score (nSPS) is 21.0. The van der Waals surface area contributed by atoms with Gasteiger partial charge in [0.1, 0.15) is 35.2 Å². The maximum Gasteiger partial charge on any atom is 0.257 e. The van der Waals surface area contributed by atoms with Crippen LogP contribution in [0.25, 0.3) is 11.0 Å². The molecular weight excluding hydrogens is 575 g/mol. The number of carbonyl (C=O) groups excluding carboxylic acids is 1. The number of hydrogen-bond donors (Lipinski definition) is 1. The number of piperazine rings is 1. The first-order valence-corrected chi connectivity index (χ1v) is 15.7. The molecule has 234 valence electrons. The van der Waals surface area contributed by atoms with E-state index in [4.69, 9.17) is 14.2 Å². The van der Waals surface area contributed by atoms with Crippen LogP contribution in [0.1, 0.15) is 42.6 Å². The van der Waals surface area contributed by atoms with E-state index >= 15 is 0 Å². The molecule has 1 aliphatic carbocycles. The van der Waals surface area contributed by atoms with Gasteiger partial charge in [-0.15, -0.1) is 0 Å². The molecule has 3 aromatic heterocycles. The number of nitrogens with one attached hydrogen (secondary N) is 1. The van der Waals surface area contributed by atoms with E-state index in [2.05, 4.69) is 35.7 Å². The van der Waals surface area contributed by atoms with Crippen LogP contribution in [-0.2, 0) is 6.54 Å². The second-order valence-corrected chi connectivity index (χ2v) is 13.6. The molecule has 45 heavy (non-hydrogen) atoms. The van der Waals surface area contributed by atoms with Crippen molar-refractivity contribution in [3.63, 3.8) is 0 Å². The topological polar surface area (TPSA) is 96.0 Å². The van der Waals surface area contributed by atoms with E-state index < -0.39 is 5.82 Å². The maximum absolute atomic E-state index is 14.1. The van der Waals surface area contributed by atoms with Crippen LogP contribution < -0.4 is 19.1 Å². The highest BCUT2D eigenvalue weighted by atomic mass is 19.1. The highest BCUT2D eigenvalue weighted by molar-refractivity contribution is 5.82. The smallest absolute Gasteiger partial charge is 0.257 e. The quantitative estimate of drug-likeness (QED) is 0.288. The number of halogens is 1. The monoisotopic (exact) mass is 612 g/mol. The molecule has 11 heteroatoms. The van der Waals surface area contributed by atoms with Gasteiger partial charge in [-0.3, -0.25) is 14.6 Å². The van der Waals surface area contributed by atoms with Gasteiger partial charge < -0.3 is 24.1 Å². The van der Waals surface area contributed by atoms with Gasteiger partial charge in [-0.2, -0.15) is 0 Å². The van der Waals surface area contributed by atoms with E-state index in [1.165, 1.54) is 25.2 Å². The number of nitrogens with zero attached hydrogens (tertiary/aromatic N) is 5. The minimum Gasteiger partial charge on any atom is -0.478 e. The first kappa shape index (κ1) is 28.3. The third-order valence-corrected chi connectivity index (χ3v) is 9.77. The standard InChI is InChI=1S/C34H37FN6O4/c1-33(2)21-43-32-30(45-33)22(5-6-36-32)17-39-7-9-40(10-8-39)25-13-34(14-25)19-41(20-34)24-4-3-23(18-42)29(11-24)44-26-12-27-28(35)16-38-31(27)37-15-26/h3-6,11-12,15-16,18,25H,7-10,13-14,17,19-21H2,1-2H3,(H,37,38). The molecule has 0 amide bonds. The zero-order valence-corrected chi connectivity index (χ0v) is 25.6. The van der Waals surface area contributed by atoms with Crippen molar-refractivity contribution in [2.24, 2.45) is 5.41 Å². The summed E-state index contributed by atoms with van der Waals surface area (Å²) in [6.07, 6.45) is 7.82. The molecule has 0 radical (unpaired) electrons. The summed E-state index contributed by atoms with van der Waals surface area (Å²) < 4.78 is 32.2. The van der Waals surface area contributed by atoms with Crippen molar-refractivity contribution in [3.8, 4) is 23.1 Å². The van der Waals surface area contributed by atoms with Crippen LogP contribution in [0.15, 0.2) is 48.9 Å². The molecule has 10 nitrogen and oxygen atoms in total. The largest absolute Gasteiger partial charge is 0.478 e. The van der Waals surface area contributed by atoms with Gasteiger partial charge in [0.2, 0.25) is 0 Å². The Kier molecular flexibility index (Phi) is 6.72. The van der Waals surface area contributed by atoms with Crippen molar-refractivity contribution in [1.82, 2.24) is 24.8 Å². The summed E-state index contributed by atoms with van der Waals surface area (Å²) in [5.74, 6) is 1.83. The number of aromatic nitrogens is 3. The maximum atomic E-state index is 14.1. The van der Waals surface area contributed by atoms with Crippen LogP contribution in [0, 0.1) is 11.2 Å². The van der Waals surface area contributed by atoms with Crippen molar-refractivity contribution in [2.75, 3.05) is 50.8 Å². The molecule has 1 saturated carbocycles. The number of benzene rings is 1. The molecule has 1 spiro atoms. The van der Waals surface area contributed by atoms with Crippen molar-refractivity contribution in [3.05, 3.63) is 65.9 Å². The van der Waals surface area contributed by atoms with Crippen LogP contribution >= 0.6 is 0 Å². The Balaban J connectivity index is 0.847. The summed E-state index contributed by atoms with van der Waals surface area (Å²) in [6, 6.07) is 9.95. The molecule has 1 N–H and O–H groups in total. The molecule has 3 fully saturated rings. The molecule has 1 aromatic carbocycles. The number of hydrogen-bond acceptors (Lipinski definition) is 9. The predicted molar refractivity (Wildman–Crippen MR) is 167 cm³/mol. The highest BCUT2D eigenvalue weighted by Crippen LogP contribution is 2.52. The minimum atomic E-state index is -0.392. The number of pyridine rings is 2. The second kappa shape index (κ2) is 10.7. The molecule has 4 aliphatic rings. The molecule has 0 atom stereocenters. The number of fused-ring (bicyclic) bond motifs is 2. The lowest BCUT2D eigenvalue weighted by molar-refractivity contribution is -0.0384. The van der Waals surface area contributed by atoms with Crippen molar-refractivity contribution < 1.29 is 23.4 Å². The Morgan fingerprint density at radius 1 is 1.11 bits per heavy atom. The van der Waals surface area contributed by atoms with E-state index in [-0.39, 0.29) is 5.60 Å². The summed E-state index contributed by atoms with van der Waals surface area (Å²) in [6.45, 7) is 11.6. The Bertz CT molecular complexity index is 1750. The summed E-state index contributed by atoms with van der Waals surface area (Å²) in [5, 5.41) is 0.350. The van der Waals surface area contributed by atoms with E-state index in [0.29, 0.717) is 52.0 Å². The van der Waals surface area contributed by atoms with Crippen molar-refractivity contribution in [2.45, 2.75) is 44.9 Å². The summed E-state index contributed by atoms with van der Waals surface area (Å²) in [7, 11) is 0. The molecule has 6 heterocycles. The van der Waals surface area contributed by atoms with Gasteiger partial charge >= 0.3 is 0 Å². The lowest BCUT2D eigenvalue weighted by Gasteiger charge is -2.62. The molecule has 0 unspecified atom stereocenters. The average Bonchev–Trinajstić information content (AvgIpc) is 3.36. The van der Waals surface area contributed by atoms with Gasteiger partial charge in [-0.1, -0.05) is 0 Å². The van der Waals surface area contributed by atoms with Crippen LogP contribution in [0.3, 0.4) is 0 Å². The summed E-state index contributed by atoms with van der Waals surface area (Å²) >= 11 is 0. The fourth-order valence-corrected chi connectivity index (χ4v) is 7.32. The number of aromatic amines is 1. The number of carbonyl (C=O) groups is 1. The Labute approximate surface area is 261 Å². The van der Waals surface area contributed by atoms with Crippen LogP contribution in [0.4, 0.5) is 10.1 Å². The number of ether oxygens (including phenoxy) is 3. The van der Waals surface area contributed by atoms with Gasteiger partial charge in [-0.25, -0.2) is 14.4 Å². The van der Waals surface area contributed by atoms with E-state index in [0.717, 1.165) is 69.1 Å². The number of aldehydes is 1. The van der Waals surface area contributed by atoms with Gasteiger partial charge in [-0.05, 0) is 51.0 Å². The zero-order chi connectivity index (χ0) is 30.8. The molecule has 8 rings (SSSR count). The SMILES string of the molecule is CC1(C)COc2nccc(CN3CCN(C4CC5(C4)CN(c4ccc(C=O)c(Oc6cnc7[nH]cc(F)c7c6)c4)C5)CC3)c2O1. The van der Waals surface area contributed by atoms with Crippen LogP contribution in [0.5, 0.6) is 23.1 Å². The van der Waals surface area contributed by atoms with Crippen molar-refractivity contribution >= 4 is 23.0 Å². The number of rotatable bonds is 7. The third-order valence-electron chi connectivity index (χ3n) is 9.77. The first-order chi connectivity index (χ1) is 21.8. The Morgan fingerprint density at radius 3 is 2.73 bits per heavy atom. The summed E-state index contributed by atoms with van der Waals surface area (Å²) in [5.41, 5.74) is 3.06. The van der Waals surface area contributed by atoms with E-state index in [9.17, 15) is 9.18 Å². The van der Waals surface area contributed by atoms with Crippen LogP contribution in [0.2, 0.25) is 0 Å². The van der Waals surface area contributed by atoms with Gasteiger partial charge in [0.05, 0.1) is 17.1 Å². The molecule has 3 aliphatic heterocycles. The number of anilines is 1. The van der Waals surface area contributed by atoms with E-state index in [1.807, 2.05) is 32.2 Å². The second-order valence-electron chi connectivity index (χ2n) is 13.6. The third kappa shape index (κ3) is 5.27. The van der Waals surface area contributed by atoms with Gasteiger partial charge in [0.15, 0.2) is 12.0 Å². The molecule has 4 aromatic rings. The fraction of sp³-hybridized carbons (Fsp3) is 0.441. The Morgan fingerprint density at radius 2 is 1.93 bits per heavy atom. The van der Waals surface area contributed by atoms with Crippen molar-refractivity contribution in [1.29, 1.82) is 0 Å². The highest BCUT2D eigenvalue weighted by Gasteiger charge is 2.54. The molecule has 0 bridgehead atoms. The lowest BCUT2D eigenvalue weighted by atomic mass is 9.60. The molecule has 2 saturated heterocycles. The van der Waals surface area contributed by atoms with E-state index in [1.54, 1.807) is 12.1 Å². The number of H-pyrrole nitrogens is 1. The van der Waals surface area contributed by atoms with Crippen LogP contribution in [-0.4, -0.2) is 88.6 Å². The average molecular weight is 613 g/mol. The van der Waals surface area contributed by atoms with Gasteiger partial charge in [0.25, 0.3) is 5.88 Å². The fourth-order valence-electron chi connectivity index (χ4n) is 7.32. The first-order valence-electron chi connectivity index (χ1n) is 15.7.